The highest BCUT2D eigenvalue weighted by Gasteiger charge is 2.68. The lowest BCUT2D eigenvalue weighted by molar-refractivity contribution is -0.256. The van der Waals surface area contributed by atoms with Crippen molar-refractivity contribution in [1.29, 1.82) is 0 Å². The molecule has 14 nitrogen and oxygen atoms in total. The van der Waals surface area contributed by atoms with Crippen LogP contribution in [0, 0.1) is 11.8 Å². The minimum atomic E-state index is -1.58. The van der Waals surface area contributed by atoms with Crippen LogP contribution in [0.1, 0.15) is 151 Å². The van der Waals surface area contributed by atoms with Gasteiger partial charge in [0, 0.05) is 71.3 Å². The average molecular weight is 931 g/mol. The van der Waals surface area contributed by atoms with Gasteiger partial charge >= 0.3 is 12.1 Å². The molecule has 2 N–H and O–H groups in total. The normalized spacial score (nSPS) is 32.0. The average Bonchev–Trinajstić information content (AvgIpc) is 3.71. The molecule has 68 heavy (non-hydrogen) atoms. The molecule has 0 radical (unpaired) electrons. The molecular formula is C54H70N6O8-2. The van der Waals surface area contributed by atoms with Crippen LogP contribution in [0.3, 0.4) is 0 Å². The lowest BCUT2D eigenvalue weighted by Gasteiger charge is -2.63. The molecular weight excluding hydrogens is 861 g/mol. The van der Waals surface area contributed by atoms with Crippen LogP contribution in [0.2, 0.25) is 0 Å². The quantitative estimate of drug-likeness (QED) is 0.166. The molecule has 0 saturated carbocycles. The third-order valence-corrected chi connectivity index (χ3v) is 18.0. The number of rotatable bonds is 16. The van der Waals surface area contributed by atoms with Crippen LogP contribution >= 0.6 is 0 Å². The molecule has 8 unspecified atom stereocenters. The van der Waals surface area contributed by atoms with E-state index in [1.165, 1.54) is 0 Å². The zero-order chi connectivity index (χ0) is 49.8. The fourth-order valence-corrected chi connectivity index (χ4v) is 13.0. The van der Waals surface area contributed by atoms with Gasteiger partial charge in [0.15, 0.2) is 0 Å². The summed E-state index contributed by atoms with van der Waals surface area (Å²) in [5, 5.41) is 31.8. The van der Waals surface area contributed by atoms with Crippen molar-refractivity contribution in [3.05, 3.63) is 106 Å². The number of piperidine rings is 2. The lowest BCUT2D eigenvalue weighted by Crippen LogP contribution is -2.75. The first kappa shape index (κ1) is 50.3. The van der Waals surface area contributed by atoms with E-state index < -0.39 is 69.0 Å². The van der Waals surface area contributed by atoms with Crippen molar-refractivity contribution in [3.63, 3.8) is 0 Å². The number of carboxylic acids is 2. The number of hydrogen-bond acceptors (Lipinski definition) is 10. The highest BCUT2D eigenvalue weighted by molar-refractivity contribution is 6.08. The zero-order valence-electron chi connectivity index (χ0n) is 41.6. The number of hydrogen-bond donors (Lipinski definition) is 2. The molecule has 4 aliphatic heterocycles. The number of nitrogens with zero attached hydrogens (tertiary/aromatic N) is 4. The topological polar surface area (TPSA) is 186 Å². The Hall–Kier alpha value is -5.60. The highest BCUT2D eigenvalue weighted by Crippen LogP contribution is 2.54. The van der Waals surface area contributed by atoms with Gasteiger partial charge in [-0.15, -0.1) is 0 Å². The lowest BCUT2D eigenvalue weighted by atomic mass is 9.59. The number of amides is 6. The SMILES string of the molecule is CCC1(C)CC2(NC(=O)N(CCc3c(C(=O)[O-])ccc(C(=O)[O-])c3CCN3C(=O)NC4(CC(C)(CC)N(Cc5ccccc5)C(C)(CC)C4C)C3=O)C2=O)C(C)C(C)(CC)N1Cc1ccccc1. The molecule has 0 bridgehead atoms. The molecule has 3 aromatic rings. The Morgan fingerprint density at radius 3 is 1.19 bits per heavy atom. The van der Waals surface area contributed by atoms with Gasteiger partial charge in [-0.2, -0.15) is 0 Å². The van der Waals surface area contributed by atoms with E-state index >= 15 is 0 Å². The first-order valence-corrected chi connectivity index (χ1v) is 24.5. The molecule has 2 spiro atoms. The van der Waals surface area contributed by atoms with Gasteiger partial charge in [0.1, 0.15) is 11.1 Å². The maximum Gasteiger partial charge on any atom is 0.325 e. The van der Waals surface area contributed by atoms with E-state index in [4.69, 9.17) is 0 Å². The van der Waals surface area contributed by atoms with Crippen molar-refractivity contribution < 1.29 is 39.0 Å². The van der Waals surface area contributed by atoms with Crippen LogP contribution < -0.4 is 20.8 Å². The fraction of sp³-hybridized carbons (Fsp3) is 0.556. The van der Waals surface area contributed by atoms with Crippen LogP contribution in [0.15, 0.2) is 72.8 Å². The van der Waals surface area contributed by atoms with E-state index in [2.05, 4.69) is 100 Å². The van der Waals surface area contributed by atoms with Crippen LogP contribution in [0.4, 0.5) is 9.59 Å². The van der Waals surface area contributed by atoms with Crippen molar-refractivity contribution in [1.82, 2.24) is 30.2 Å². The van der Waals surface area contributed by atoms with Crippen molar-refractivity contribution in [2.75, 3.05) is 13.1 Å². The van der Waals surface area contributed by atoms with Crippen molar-refractivity contribution in [3.8, 4) is 0 Å². The summed E-state index contributed by atoms with van der Waals surface area (Å²) in [4.78, 5) is 90.9. The Kier molecular flexibility index (Phi) is 13.6. The Balaban J connectivity index is 1.17. The van der Waals surface area contributed by atoms with Gasteiger partial charge < -0.3 is 30.4 Å². The number of likely N-dealkylation sites (tertiary alicyclic amines) is 2. The van der Waals surface area contributed by atoms with Gasteiger partial charge in [0.05, 0.1) is 11.9 Å². The van der Waals surface area contributed by atoms with Gasteiger partial charge in [-0.25, -0.2) is 9.59 Å². The van der Waals surface area contributed by atoms with E-state index in [9.17, 15) is 39.0 Å². The summed E-state index contributed by atoms with van der Waals surface area (Å²) in [6, 6.07) is 21.4. The molecule has 0 aromatic heterocycles. The smallest absolute Gasteiger partial charge is 0.325 e. The number of imide groups is 2. The standard InChI is InChI=1S/C54H72N6O8/c1-11-49(7)33-53(35(5)51(9,13-3)59(49)31-37-21-17-15-18-22-37)45(65)57(47(67)55-53)29-27-39-40(42(44(63)64)26-25-41(39)43(61)62)28-30-58-46(66)54(56-48(58)68)34-50(8,12-2)60(52(10,14-4)36(54)6)32-38-23-19-16-20-24-38/h15-26,35-36H,11-14,27-34H2,1-10H3,(H,55,67)(H,56,68)(H,61,62)(H,63,64)/p-2. The Bertz CT molecular complexity index is 2300. The first-order chi connectivity index (χ1) is 32.1. The third-order valence-electron chi connectivity index (χ3n) is 18.0. The minimum absolute atomic E-state index is 0.0252. The summed E-state index contributed by atoms with van der Waals surface area (Å²) in [5.74, 6) is -4.71. The molecule has 3 aromatic carbocycles. The molecule has 366 valence electrons. The van der Waals surface area contributed by atoms with Gasteiger partial charge in [-0.3, -0.25) is 29.2 Å². The highest BCUT2D eigenvalue weighted by atomic mass is 16.4. The number of nitrogens with one attached hydrogen (secondary N) is 2. The Morgan fingerprint density at radius 2 is 0.897 bits per heavy atom. The number of aromatic carboxylic acids is 2. The third kappa shape index (κ3) is 7.98. The van der Waals surface area contributed by atoms with Gasteiger partial charge in [-0.05, 0) is 101 Å². The monoisotopic (exact) mass is 931 g/mol. The second-order valence-electron chi connectivity index (χ2n) is 21.0. The van der Waals surface area contributed by atoms with Gasteiger partial charge in [0.2, 0.25) is 0 Å². The van der Waals surface area contributed by atoms with E-state index in [1.54, 1.807) is 0 Å². The summed E-state index contributed by atoms with van der Waals surface area (Å²) >= 11 is 0. The van der Waals surface area contributed by atoms with Crippen LogP contribution in [-0.4, -0.2) is 102 Å². The summed E-state index contributed by atoms with van der Waals surface area (Å²) in [7, 11) is 0. The summed E-state index contributed by atoms with van der Waals surface area (Å²) in [6.45, 7) is 21.7. The number of carbonyl (C=O) groups is 6. The maximum absolute atomic E-state index is 15.0. The zero-order valence-corrected chi connectivity index (χ0v) is 41.6. The molecule has 8 atom stereocenters. The van der Waals surface area contributed by atoms with E-state index in [-0.39, 0.29) is 60.0 Å². The fourth-order valence-electron chi connectivity index (χ4n) is 13.0. The predicted octanol–water partition coefficient (Wildman–Crippen LogP) is 5.84. The van der Waals surface area contributed by atoms with Crippen LogP contribution in [0.25, 0.3) is 0 Å². The predicted molar refractivity (Wildman–Crippen MR) is 255 cm³/mol. The van der Waals surface area contributed by atoms with Crippen molar-refractivity contribution in [2.24, 2.45) is 11.8 Å². The molecule has 4 saturated heterocycles. The molecule has 0 aliphatic carbocycles. The summed E-state index contributed by atoms with van der Waals surface area (Å²) < 4.78 is 0. The molecule has 4 aliphatic rings. The molecule has 7 rings (SSSR count). The molecule has 4 heterocycles. The molecule has 14 heteroatoms. The van der Waals surface area contributed by atoms with Crippen molar-refractivity contribution >= 4 is 35.8 Å². The first-order valence-electron chi connectivity index (χ1n) is 24.5. The second kappa shape index (κ2) is 18.4. The largest absolute Gasteiger partial charge is 0.545 e. The number of urea groups is 2. The number of carbonyl (C=O) groups excluding carboxylic acids is 6. The minimum Gasteiger partial charge on any atom is -0.545 e. The van der Waals surface area contributed by atoms with E-state index in [1.807, 2.05) is 50.2 Å². The van der Waals surface area contributed by atoms with Gasteiger partial charge in [0.25, 0.3) is 11.8 Å². The van der Waals surface area contributed by atoms with Crippen molar-refractivity contribution in [2.45, 2.75) is 167 Å². The summed E-state index contributed by atoms with van der Waals surface area (Å²) in [5.41, 5.74) is -2.95. The van der Waals surface area contributed by atoms with Gasteiger partial charge in [-0.1, -0.05) is 114 Å². The Morgan fingerprint density at radius 1 is 0.559 bits per heavy atom. The number of carboxylic acid groups (broad SMARTS) is 2. The van der Waals surface area contributed by atoms with E-state index in [0.29, 0.717) is 51.6 Å². The molecule has 6 amide bonds. The maximum atomic E-state index is 15.0. The Labute approximate surface area is 401 Å². The van der Waals surface area contributed by atoms with Crippen LogP contribution in [-0.2, 0) is 35.5 Å². The second-order valence-corrected chi connectivity index (χ2v) is 21.0. The molecule has 4 fully saturated rings. The summed E-state index contributed by atoms with van der Waals surface area (Å²) in [6.07, 6.45) is 2.98. The van der Waals surface area contributed by atoms with Crippen LogP contribution in [0.5, 0.6) is 0 Å². The van der Waals surface area contributed by atoms with E-state index in [0.717, 1.165) is 33.1 Å². The number of benzene rings is 3.